The minimum atomic E-state index is -0.519. The molecule has 5 nitrogen and oxygen atoms in total. The Bertz CT molecular complexity index is 596. The molecular formula is C13H14N2O3. The summed E-state index contributed by atoms with van der Waals surface area (Å²) in [5, 5.41) is 21.3. The van der Waals surface area contributed by atoms with Gasteiger partial charge in [-0.25, -0.2) is 4.98 Å². The van der Waals surface area contributed by atoms with Crippen LogP contribution in [0.5, 0.6) is 0 Å². The number of nitrogens with zero attached hydrogens (tertiary/aromatic N) is 2. The smallest absolute Gasteiger partial charge is 0.295 e. The third-order valence-corrected chi connectivity index (χ3v) is 3.19. The summed E-state index contributed by atoms with van der Waals surface area (Å²) in [4.78, 5) is 14.6. The number of fused-ring (bicyclic) bond motifs is 1. The number of nitro benzene ring substituents is 1. The minimum absolute atomic E-state index is 0.00728. The van der Waals surface area contributed by atoms with Gasteiger partial charge in [-0.2, -0.15) is 0 Å². The van der Waals surface area contributed by atoms with Crippen molar-refractivity contribution in [3.05, 3.63) is 46.1 Å². The van der Waals surface area contributed by atoms with Gasteiger partial charge < -0.3 is 5.11 Å². The van der Waals surface area contributed by atoms with Crippen molar-refractivity contribution in [2.24, 2.45) is 0 Å². The summed E-state index contributed by atoms with van der Waals surface area (Å²) in [5.41, 5.74) is 1.23. The molecule has 0 saturated carbocycles. The molecule has 2 rings (SSSR count). The molecule has 0 bridgehead atoms. The molecule has 2 unspecified atom stereocenters. The first-order chi connectivity index (χ1) is 8.52. The van der Waals surface area contributed by atoms with E-state index in [-0.39, 0.29) is 11.6 Å². The van der Waals surface area contributed by atoms with Crippen LogP contribution in [0.2, 0.25) is 0 Å². The fourth-order valence-electron chi connectivity index (χ4n) is 1.99. The van der Waals surface area contributed by atoms with Crippen molar-refractivity contribution in [1.29, 1.82) is 0 Å². The van der Waals surface area contributed by atoms with E-state index < -0.39 is 11.0 Å². The van der Waals surface area contributed by atoms with Gasteiger partial charge in [0, 0.05) is 23.6 Å². The summed E-state index contributed by atoms with van der Waals surface area (Å²) in [6.45, 7) is 3.59. The van der Waals surface area contributed by atoms with Crippen molar-refractivity contribution in [2.45, 2.75) is 25.9 Å². The third kappa shape index (κ3) is 2.04. The van der Waals surface area contributed by atoms with Crippen LogP contribution in [0.4, 0.5) is 5.69 Å². The Hall–Kier alpha value is -2.01. The van der Waals surface area contributed by atoms with E-state index in [1.165, 1.54) is 6.07 Å². The summed E-state index contributed by atoms with van der Waals surface area (Å²) in [6.07, 6.45) is 1.03. The standard InChI is InChI=1S/C13H14N2O3/c1-8(9(2)16)10-6-7-14-13-11(10)4-3-5-12(13)15(17)18/h3-9,16H,1-2H3. The van der Waals surface area contributed by atoms with Gasteiger partial charge in [0.25, 0.3) is 5.69 Å². The summed E-state index contributed by atoms with van der Waals surface area (Å²) in [6, 6.07) is 6.67. The number of rotatable bonds is 3. The first kappa shape index (κ1) is 12.4. The van der Waals surface area contributed by atoms with Crippen molar-refractivity contribution in [3.8, 4) is 0 Å². The van der Waals surface area contributed by atoms with E-state index in [9.17, 15) is 15.2 Å². The highest BCUT2D eigenvalue weighted by molar-refractivity contribution is 5.89. The molecule has 0 saturated heterocycles. The Morgan fingerprint density at radius 1 is 1.33 bits per heavy atom. The second-order valence-electron chi connectivity index (χ2n) is 4.36. The molecule has 0 aliphatic rings. The van der Waals surface area contributed by atoms with Gasteiger partial charge in [-0.15, -0.1) is 0 Å². The van der Waals surface area contributed by atoms with Gasteiger partial charge in [0.2, 0.25) is 0 Å². The summed E-state index contributed by atoms with van der Waals surface area (Å²) >= 11 is 0. The predicted molar refractivity (Wildman–Crippen MR) is 68.5 cm³/mol. The monoisotopic (exact) mass is 246 g/mol. The SMILES string of the molecule is CC(O)C(C)c1ccnc2c([N+](=O)[O-])cccc12. The molecule has 2 atom stereocenters. The van der Waals surface area contributed by atoms with E-state index in [4.69, 9.17) is 0 Å². The predicted octanol–water partition coefficient (Wildman–Crippen LogP) is 2.63. The van der Waals surface area contributed by atoms with Crippen molar-refractivity contribution in [2.75, 3.05) is 0 Å². The van der Waals surface area contributed by atoms with Crippen LogP contribution in [-0.4, -0.2) is 21.1 Å². The largest absolute Gasteiger partial charge is 0.393 e. The Morgan fingerprint density at radius 2 is 2.06 bits per heavy atom. The molecule has 1 heterocycles. The molecule has 0 aliphatic heterocycles. The fraction of sp³-hybridized carbons (Fsp3) is 0.308. The Kier molecular flexibility index (Phi) is 3.25. The van der Waals surface area contributed by atoms with Crippen molar-refractivity contribution < 1.29 is 10.0 Å². The first-order valence-corrected chi connectivity index (χ1v) is 5.72. The molecule has 0 spiro atoms. The van der Waals surface area contributed by atoms with Crippen LogP contribution < -0.4 is 0 Å². The number of pyridine rings is 1. The second-order valence-corrected chi connectivity index (χ2v) is 4.36. The molecule has 0 aliphatic carbocycles. The highest BCUT2D eigenvalue weighted by Gasteiger charge is 2.19. The topological polar surface area (TPSA) is 76.3 Å². The van der Waals surface area contributed by atoms with Crippen LogP contribution >= 0.6 is 0 Å². The number of hydrogen-bond donors (Lipinski definition) is 1. The Labute approximate surface area is 104 Å². The lowest BCUT2D eigenvalue weighted by Gasteiger charge is -2.16. The van der Waals surface area contributed by atoms with Gasteiger partial charge in [-0.3, -0.25) is 10.1 Å². The maximum absolute atomic E-state index is 10.9. The van der Waals surface area contributed by atoms with Crippen molar-refractivity contribution in [1.82, 2.24) is 4.98 Å². The summed E-state index contributed by atoms with van der Waals surface area (Å²) in [5.74, 6) is -0.0995. The Morgan fingerprint density at radius 3 is 2.67 bits per heavy atom. The molecule has 5 heteroatoms. The summed E-state index contributed by atoms with van der Waals surface area (Å²) < 4.78 is 0. The lowest BCUT2D eigenvalue weighted by atomic mass is 9.93. The molecule has 1 aromatic carbocycles. The number of aliphatic hydroxyl groups excluding tert-OH is 1. The van der Waals surface area contributed by atoms with E-state index in [2.05, 4.69) is 4.98 Å². The van der Waals surface area contributed by atoms with Crippen LogP contribution in [-0.2, 0) is 0 Å². The van der Waals surface area contributed by atoms with Crippen LogP contribution in [0.15, 0.2) is 30.5 Å². The molecule has 18 heavy (non-hydrogen) atoms. The molecule has 1 N–H and O–H groups in total. The van der Waals surface area contributed by atoms with Crippen LogP contribution in [0.3, 0.4) is 0 Å². The van der Waals surface area contributed by atoms with E-state index in [1.807, 2.05) is 6.92 Å². The normalized spacial score (nSPS) is 14.4. The number of para-hydroxylation sites is 1. The number of non-ortho nitro benzene ring substituents is 1. The zero-order chi connectivity index (χ0) is 13.3. The zero-order valence-electron chi connectivity index (χ0n) is 10.2. The van der Waals surface area contributed by atoms with Crippen LogP contribution in [0.25, 0.3) is 10.9 Å². The average Bonchev–Trinajstić information content (AvgIpc) is 2.36. The fourth-order valence-corrected chi connectivity index (χ4v) is 1.99. The van der Waals surface area contributed by atoms with Crippen LogP contribution in [0.1, 0.15) is 25.3 Å². The molecule has 0 radical (unpaired) electrons. The maximum atomic E-state index is 10.9. The van der Waals surface area contributed by atoms with E-state index in [0.29, 0.717) is 5.52 Å². The molecule has 0 amide bonds. The quantitative estimate of drug-likeness (QED) is 0.667. The van der Waals surface area contributed by atoms with E-state index in [1.54, 1.807) is 31.3 Å². The van der Waals surface area contributed by atoms with E-state index >= 15 is 0 Å². The highest BCUT2D eigenvalue weighted by atomic mass is 16.6. The lowest BCUT2D eigenvalue weighted by Crippen LogP contribution is -2.11. The minimum Gasteiger partial charge on any atom is -0.393 e. The maximum Gasteiger partial charge on any atom is 0.295 e. The van der Waals surface area contributed by atoms with Crippen molar-refractivity contribution >= 4 is 16.6 Å². The molecule has 1 aromatic heterocycles. The molecular weight excluding hydrogens is 232 g/mol. The average molecular weight is 246 g/mol. The number of aromatic nitrogens is 1. The molecule has 2 aromatic rings. The number of nitro groups is 1. The highest BCUT2D eigenvalue weighted by Crippen LogP contribution is 2.30. The second kappa shape index (κ2) is 4.70. The lowest BCUT2D eigenvalue weighted by molar-refractivity contribution is -0.383. The van der Waals surface area contributed by atoms with Gasteiger partial charge in [0.1, 0.15) is 5.52 Å². The third-order valence-electron chi connectivity index (χ3n) is 3.19. The van der Waals surface area contributed by atoms with Gasteiger partial charge in [-0.05, 0) is 18.6 Å². The number of aliphatic hydroxyl groups is 1. The molecule has 94 valence electrons. The van der Waals surface area contributed by atoms with E-state index in [0.717, 1.165) is 10.9 Å². The Balaban J connectivity index is 2.71. The van der Waals surface area contributed by atoms with Gasteiger partial charge in [0.15, 0.2) is 0 Å². The zero-order valence-corrected chi connectivity index (χ0v) is 10.2. The first-order valence-electron chi connectivity index (χ1n) is 5.72. The molecule has 0 fully saturated rings. The van der Waals surface area contributed by atoms with Gasteiger partial charge in [-0.1, -0.05) is 19.1 Å². The van der Waals surface area contributed by atoms with Crippen LogP contribution in [0, 0.1) is 10.1 Å². The van der Waals surface area contributed by atoms with Gasteiger partial charge in [0.05, 0.1) is 11.0 Å². The number of hydrogen-bond acceptors (Lipinski definition) is 4. The summed E-state index contributed by atoms with van der Waals surface area (Å²) in [7, 11) is 0. The van der Waals surface area contributed by atoms with Crippen molar-refractivity contribution in [3.63, 3.8) is 0 Å². The van der Waals surface area contributed by atoms with Gasteiger partial charge >= 0.3 is 0 Å². The number of benzene rings is 1.